The van der Waals surface area contributed by atoms with Crippen molar-refractivity contribution in [3.63, 3.8) is 0 Å². The minimum absolute atomic E-state index is 0.166. The Morgan fingerprint density at radius 2 is 1.95 bits per heavy atom. The first-order valence-electron chi connectivity index (χ1n) is 5.86. The van der Waals surface area contributed by atoms with Gasteiger partial charge < -0.3 is 10.5 Å². The molecule has 0 amide bonds. The maximum Gasteiger partial charge on any atom is 0.148 e. The van der Waals surface area contributed by atoms with Gasteiger partial charge in [-0.25, -0.2) is 4.39 Å². The molecule has 20 heavy (non-hydrogen) atoms. The number of benzene rings is 2. The number of hydrogen-bond donors (Lipinski definition) is 2. The summed E-state index contributed by atoms with van der Waals surface area (Å²) >= 11 is 0. The first-order chi connectivity index (χ1) is 9.61. The van der Waals surface area contributed by atoms with E-state index < -0.39 is 0 Å². The van der Waals surface area contributed by atoms with Crippen molar-refractivity contribution in [2.45, 2.75) is 6.61 Å². The Morgan fingerprint density at radius 1 is 1.25 bits per heavy atom. The second-order valence-electron chi connectivity index (χ2n) is 4.12. The molecule has 0 aromatic heterocycles. The van der Waals surface area contributed by atoms with Crippen LogP contribution in [-0.2, 0) is 6.61 Å². The van der Waals surface area contributed by atoms with Crippen LogP contribution in [0.2, 0.25) is 0 Å². The number of ether oxygens (including phenoxy) is 1. The molecule has 0 aliphatic rings. The second-order valence-corrected chi connectivity index (χ2v) is 4.12. The molecule has 0 saturated heterocycles. The van der Waals surface area contributed by atoms with Crippen molar-refractivity contribution in [2.75, 3.05) is 0 Å². The van der Waals surface area contributed by atoms with Gasteiger partial charge in [0.1, 0.15) is 30.1 Å². The smallest absolute Gasteiger partial charge is 0.148 e. The first-order valence-corrected chi connectivity index (χ1v) is 5.86. The Balaban J connectivity index is 2.26. The molecule has 0 radical (unpaired) electrons. The van der Waals surface area contributed by atoms with Crippen LogP contribution in [0.25, 0.3) is 0 Å². The quantitative estimate of drug-likeness (QED) is 0.661. The van der Waals surface area contributed by atoms with Crippen LogP contribution in [0.4, 0.5) is 4.39 Å². The zero-order valence-corrected chi connectivity index (χ0v) is 10.6. The van der Waals surface area contributed by atoms with E-state index in [0.717, 1.165) is 5.56 Å². The van der Waals surface area contributed by atoms with Gasteiger partial charge in [-0.15, -0.1) is 0 Å². The molecule has 0 fully saturated rings. The number of nitrogen functional groups attached to an aromatic ring is 1. The Morgan fingerprint density at radius 3 is 2.55 bits per heavy atom. The first kappa shape index (κ1) is 13.6. The van der Waals surface area contributed by atoms with Crippen LogP contribution in [0, 0.1) is 22.6 Å². The van der Waals surface area contributed by atoms with Gasteiger partial charge >= 0.3 is 0 Å². The molecular formula is C15H12FN3O. The summed E-state index contributed by atoms with van der Waals surface area (Å²) in [5.41, 5.74) is 6.90. The molecule has 100 valence electrons. The van der Waals surface area contributed by atoms with E-state index in [9.17, 15) is 4.39 Å². The number of nitrogens with zero attached hydrogens (tertiary/aromatic N) is 1. The fourth-order valence-electron chi connectivity index (χ4n) is 1.73. The topological polar surface area (TPSA) is 82.9 Å². The number of hydrogen-bond acceptors (Lipinski definition) is 3. The van der Waals surface area contributed by atoms with E-state index in [4.69, 9.17) is 21.1 Å². The van der Waals surface area contributed by atoms with E-state index in [1.54, 1.807) is 30.3 Å². The van der Waals surface area contributed by atoms with E-state index in [0.29, 0.717) is 11.1 Å². The van der Waals surface area contributed by atoms with Crippen LogP contribution in [-0.4, -0.2) is 5.84 Å². The zero-order chi connectivity index (χ0) is 14.5. The Bertz CT molecular complexity index is 675. The molecule has 0 unspecified atom stereocenters. The number of nitrogens with one attached hydrogen (secondary N) is 1. The summed E-state index contributed by atoms with van der Waals surface area (Å²) in [5.74, 6) is -0.223. The summed E-state index contributed by atoms with van der Waals surface area (Å²) in [7, 11) is 0. The Kier molecular flexibility index (Phi) is 3.96. The van der Waals surface area contributed by atoms with E-state index in [2.05, 4.69) is 0 Å². The van der Waals surface area contributed by atoms with E-state index in [1.807, 2.05) is 6.07 Å². The molecule has 4 nitrogen and oxygen atoms in total. The molecule has 5 heteroatoms. The minimum Gasteiger partial charge on any atom is -0.487 e. The largest absolute Gasteiger partial charge is 0.487 e. The van der Waals surface area contributed by atoms with Gasteiger partial charge in [0.25, 0.3) is 0 Å². The van der Waals surface area contributed by atoms with Crippen LogP contribution in [0.3, 0.4) is 0 Å². The average Bonchev–Trinajstić information content (AvgIpc) is 2.46. The highest BCUT2D eigenvalue weighted by Gasteiger charge is 2.12. The highest BCUT2D eigenvalue weighted by atomic mass is 19.1. The SMILES string of the molecule is N#Cc1cccc(C(=N)N)c1OCc1ccc(F)cc1. The molecule has 2 aromatic rings. The third-order valence-corrected chi connectivity index (χ3v) is 2.72. The number of amidine groups is 1. The van der Waals surface area contributed by atoms with Crippen LogP contribution < -0.4 is 10.5 Å². The van der Waals surface area contributed by atoms with Crippen LogP contribution >= 0.6 is 0 Å². The van der Waals surface area contributed by atoms with Crippen molar-refractivity contribution in [1.29, 1.82) is 10.7 Å². The van der Waals surface area contributed by atoms with Crippen LogP contribution in [0.5, 0.6) is 5.75 Å². The van der Waals surface area contributed by atoms with Gasteiger partial charge in [-0.05, 0) is 29.8 Å². The molecule has 0 heterocycles. The lowest BCUT2D eigenvalue weighted by atomic mass is 10.1. The predicted molar refractivity (Wildman–Crippen MR) is 72.9 cm³/mol. The zero-order valence-electron chi connectivity index (χ0n) is 10.6. The van der Waals surface area contributed by atoms with Gasteiger partial charge in [-0.2, -0.15) is 5.26 Å². The number of para-hydroxylation sites is 1. The lowest BCUT2D eigenvalue weighted by Crippen LogP contribution is -2.14. The number of nitrogens with two attached hydrogens (primary N) is 1. The lowest BCUT2D eigenvalue weighted by molar-refractivity contribution is 0.304. The minimum atomic E-state index is -0.324. The molecule has 3 N–H and O–H groups in total. The van der Waals surface area contributed by atoms with E-state index in [-0.39, 0.29) is 24.0 Å². The summed E-state index contributed by atoms with van der Waals surface area (Å²) in [6.07, 6.45) is 0. The highest BCUT2D eigenvalue weighted by molar-refractivity contribution is 5.98. The van der Waals surface area contributed by atoms with Crippen molar-refractivity contribution in [3.8, 4) is 11.8 Å². The molecule has 0 atom stereocenters. The van der Waals surface area contributed by atoms with Crippen molar-refractivity contribution in [1.82, 2.24) is 0 Å². The van der Waals surface area contributed by atoms with Crippen molar-refractivity contribution < 1.29 is 9.13 Å². The molecular weight excluding hydrogens is 257 g/mol. The molecule has 0 saturated carbocycles. The monoisotopic (exact) mass is 269 g/mol. The van der Waals surface area contributed by atoms with Gasteiger partial charge in [0.05, 0.1) is 11.1 Å². The summed E-state index contributed by atoms with van der Waals surface area (Å²) in [5, 5.41) is 16.6. The van der Waals surface area contributed by atoms with Gasteiger partial charge in [-0.3, -0.25) is 5.41 Å². The average molecular weight is 269 g/mol. The van der Waals surface area contributed by atoms with Crippen LogP contribution in [0.15, 0.2) is 42.5 Å². The summed E-state index contributed by atoms with van der Waals surface area (Å²) in [6.45, 7) is 0.166. The molecule has 0 spiro atoms. The fourth-order valence-corrected chi connectivity index (χ4v) is 1.73. The van der Waals surface area contributed by atoms with Crippen molar-refractivity contribution in [3.05, 3.63) is 65.0 Å². The van der Waals surface area contributed by atoms with E-state index in [1.165, 1.54) is 12.1 Å². The summed E-state index contributed by atoms with van der Waals surface area (Å²) < 4.78 is 18.4. The maximum atomic E-state index is 12.8. The molecule has 0 bridgehead atoms. The van der Waals surface area contributed by atoms with Gasteiger partial charge in [0.2, 0.25) is 0 Å². The molecule has 2 rings (SSSR count). The third-order valence-electron chi connectivity index (χ3n) is 2.72. The van der Waals surface area contributed by atoms with Crippen molar-refractivity contribution in [2.24, 2.45) is 5.73 Å². The number of halogens is 1. The fraction of sp³-hybridized carbons (Fsp3) is 0.0667. The van der Waals surface area contributed by atoms with E-state index >= 15 is 0 Å². The molecule has 2 aromatic carbocycles. The van der Waals surface area contributed by atoms with Crippen LogP contribution in [0.1, 0.15) is 16.7 Å². The normalized spacial score (nSPS) is 9.80. The van der Waals surface area contributed by atoms with Gasteiger partial charge in [0.15, 0.2) is 0 Å². The Labute approximate surface area is 115 Å². The molecule has 0 aliphatic heterocycles. The standard InChI is InChI=1S/C15H12FN3O/c16-12-6-4-10(5-7-12)9-20-14-11(8-17)2-1-3-13(14)15(18)19/h1-7H,9H2,(H3,18,19). The number of nitriles is 1. The number of rotatable bonds is 4. The Hall–Kier alpha value is -2.87. The summed E-state index contributed by atoms with van der Waals surface area (Å²) in [6, 6.07) is 12.7. The second kappa shape index (κ2) is 5.85. The summed E-state index contributed by atoms with van der Waals surface area (Å²) in [4.78, 5) is 0. The maximum absolute atomic E-state index is 12.8. The lowest BCUT2D eigenvalue weighted by Gasteiger charge is -2.12. The predicted octanol–water partition coefficient (Wildman–Crippen LogP) is 2.56. The third kappa shape index (κ3) is 2.93. The van der Waals surface area contributed by atoms with Gasteiger partial charge in [-0.1, -0.05) is 18.2 Å². The van der Waals surface area contributed by atoms with Crippen molar-refractivity contribution >= 4 is 5.84 Å². The molecule has 0 aliphatic carbocycles. The highest BCUT2D eigenvalue weighted by Crippen LogP contribution is 2.24. The van der Waals surface area contributed by atoms with Gasteiger partial charge in [0, 0.05) is 0 Å².